The van der Waals surface area contributed by atoms with Crippen LogP contribution in [0, 0.1) is 0 Å². The molecule has 2 N–H and O–H groups in total. The minimum absolute atomic E-state index is 0.0707. The normalized spacial score (nSPS) is 10.6. The summed E-state index contributed by atoms with van der Waals surface area (Å²) in [6.45, 7) is 3.44. The molecule has 0 unspecified atom stereocenters. The third-order valence-corrected chi connectivity index (χ3v) is 3.11. The van der Waals surface area contributed by atoms with E-state index in [0.29, 0.717) is 18.7 Å². The molecular formula is C12H16BrN5O. The summed E-state index contributed by atoms with van der Waals surface area (Å²) in [4.78, 5) is 16.1. The van der Waals surface area contributed by atoms with Gasteiger partial charge in [0, 0.05) is 30.2 Å². The van der Waals surface area contributed by atoms with E-state index in [-0.39, 0.29) is 5.91 Å². The van der Waals surface area contributed by atoms with Crippen LogP contribution in [-0.2, 0) is 13.0 Å². The Kier molecular flexibility index (Phi) is 4.73. The maximum absolute atomic E-state index is 12.1. The van der Waals surface area contributed by atoms with Crippen LogP contribution in [-0.4, -0.2) is 32.2 Å². The van der Waals surface area contributed by atoms with Gasteiger partial charge in [-0.15, -0.1) is 0 Å². The average molecular weight is 326 g/mol. The quantitative estimate of drug-likeness (QED) is 0.849. The van der Waals surface area contributed by atoms with Crippen molar-refractivity contribution in [3.8, 4) is 0 Å². The lowest BCUT2D eigenvalue weighted by atomic mass is 10.3. The minimum atomic E-state index is -0.0707. The van der Waals surface area contributed by atoms with Crippen LogP contribution in [0.15, 0.2) is 23.1 Å². The van der Waals surface area contributed by atoms with E-state index in [9.17, 15) is 4.79 Å². The second kappa shape index (κ2) is 6.51. The number of H-pyrrole nitrogens is 1. The van der Waals surface area contributed by atoms with Gasteiger partial charge in [-0.3, -0.25) is 9.89 Å². The summed E-state index contributed by atoms with van der Waals surface area (Å²) in [6, 6.07) is 1.83. The number of halogens is 1. The second-order valence-electron chi connectivity index (χ2n) is 4.18. The lowest BCUT2D eigenvalue weighted by Crippen LogP contribution is -2.28. The van der Waals surface area contributed by atoms with E-state index in [4.69, 9.17) is 0 Å². The predicted molar refractivity (Wildman–Crippen MR) is 74.8 cm³/mol. The number of aromatic nitrogens is 4. The van der Waals surface area contributed by atoms with Crippen LogP contribution >= 0.6 is 15.9 Å². The zero-order valence-corrected chi connectivity index (χ0v) is 12.3. The minimum Gasteiger partial charge on any atom is -0.350 e. The molecule has 0 bridgehead atoms. The fourth-order valence-electron chi connectivity index (χ4n) is 1.83. The zero-order valence-electron chi connectivity index (χ0n) is 10.7. The number of rotatable bonds is 6. The number of nitrogens with one attached hydrogen (secondary N) is 2. The Morgan fingerprint density at radius 3 is 3.11 bits per heavy atom. The number of aromatic amines is 1. The van der Waals surface area contributed by atoms with Gasteiger partial charge in [-0.25, -0.2) is 4.98 Å². The zero-order chi connectivity index (χ0) is 13.7. The molecule has 0 radical (unpaired) electrons. The van der Waals surface area contributed by atoms with Crippen LogP contribution in [0.1, 0.15) is 29.7 Å². The summed E-state index contributed by atoms with van der Waals surface area (Å²) in [7, 11) is 0. The highest BCUT2D eigenvalue weighted by molar-refractivity contribution is 9.10. The van der Waals surface area contributed by atoms with Gasteiger partial charge in [0.1, 0.15) is 17.8 Å². The van der Waals surface area contributed by atoms with Crippen molar-refractivity contribution in [3.05, 3.63) is 34.6 Å². The van der Waals surface area contributed by atoms with Crippen molar-refractivity contribution in [2.45, 2.75) is 26.3 Å². The van der Waals surface area contributed by atoms with Crippen molar-refractivity contribution in [2.24, 2.45) is 0 Å². The van der Waals surface area contributed by atoms with Gasteiger partial charge in [0.05, 0.1) is 0 Å². The van der Waals surface area contributed by atoms with Crippen molar-refractivity contribution in [1.29, 1.82) is 0 Å². The summed E-state index contributed by atoms with van der Waals surface area (Å²) in [6.07, 6.45) is 5.01. The van der Waals surface area contributed by atoms with Crippen LogP contribution in [0.4, 0.5) is 0 Å². The van der Waals surface area contributed by atoms with Crippen molar-refractivity contribution in [1.82, 2.24) is 25.1 Å². The van der Waals surface area contributed by atoms with Gasteiger partial charge in [0.25, 0.3) is 5.91 Å². The highest BCUT2D eigenvalue weighted by atomic mass is 79.9. The maximum Gasteiger partial charge on any atom is 0.267 e. The fraction of sp³-hybridized carbons (Fsp3) is 0.417. The average Bonchev–Trinajstić information content (AvgIpc) is 2.99. The van der Waals surface area contributed by atoms with E-state index in [1.165, 1.54) is 6.33 Å². The van der Waals surface area contributed by atoms with E-state index >= 15 is 0 Å². The van der Waals surface area contributed by atoms with E-state index < -0.39 is 0 Å². The number of amides is 1. The molecule has 0 spiro atoms. The molecule has 1 amide bonds. The Labute approximate surface area is 119 Å². The monoisotopic (exact) mass is 325 g/mol. The molecular weight excluding hydrogens is 310 g/mol. The van der Waals surface area contributed by atoms with Crippen molar-refractivity contribution >= 4 is 21.8 Å². The maximum atomic E-state index is 12.1. The van der Waals surface area contributed by atoms with Crippen LogP contribution in [0.25, 0.3) is 0 Å². The smallest absolute Gasteiger partial charge is 0.267 e. The van der Waals surface area contributed by atoms with Crippen molar-refractivity contribution in [2.75, 3.05) is 6.54 Å². The van der Waals surface area contributed by atoms with Crippen molar-refractivity contribution in [3.63, 3.8) is 0 Å². The number of hydrogen-bond acceptors (Lipinski definition) is 3. The fourth-order valence-corrected chi connectivity index (χ4v) is 2.29. The number of carbonyl (C=O) groups is 1. The molecule has 0 fully saturated rings. The van der Waals surface area contributed by atoms with Crippen LogP contribution < -0.4 is 5.32 Å². The highest BCUT2D eigenvalue weighted by Crippen LogP contribution is 2.15. The molecule has 0 atom stereocenters. The molecule has 2 heterocycles. The van der Waals surface area contributed by atoms with E-state index in [1.54, 1.807) is 0 Å². The molecule has 2 aromatic heterocycles. The first-order valence-electron chi connectivity index (χ1n) is 6.18. The lowest BCUT2D eigenvalue weighted by molar-refractivity contribution is 0.0944. The van der Waals surface area contributed by atoms with E-state index in [1.807, 2.05) is 16.8 Å². The molecule has 0 saturated carbocycles. The van der Waals surface area contributed by atoms with Gasteiger partial charge in [-0.05, 0) is 28.4 Å². The van der Waals surface area contributed by atoms with E-state index in [2.05, 4.69) is 43.4 Å². The molecule has 0 aliphatic carbocycles. The standard InChI is InChI=1S/C12H16BrN5O/c1-2-5-18-7-9(13)6-10(18)12(19)14-4-3-11-15-8-16-17-11/h6-8H,2-5H2,1H3,(H,14,19)(H,15,16,17). The first-order chi connectivity index (χ1) is 9.20. The molecule has 0 aliphatic rings. The number of hydrogen-bond donors (Lipinski definition) is 2. The third-order valence-electron chi connectivity index (χ3n) is 2.67. The molecule has 6 nitrogen and oxygen atoms in total. The topological polar surface area (TPSA) is 75.6 Å². The summed E-state index contributed by atoms with van der Waals surface area (Å²) in [5.74, 6) is 0.698. The predicted octanol–water partition coefficient (Wildman–Crippen LogP) is 1.75. The Hall–Kier alpha value is -1.63. The van der Waals surface area contributed by atoms with Crippen LogP contribution in [0.3, 0.4) is 0 Å². The molecule has 2 aromatic rings. The molecule has 0 saturated heterocycles. The largest absolute Gasteiger partial charge is 0.350 e. The first-order valence-corrected chi connectivity index (χ1v) is 6.98. The Balaban J connectivity index is 1.92. The second-order valence-corrected chi connectivity index (χ2v) is 5.09. The Morgan fingerprint density at radius 1 is 1.58 bits per heavy atom. The molecule has 19 heavy (non-hydrogen) atoms. The third kappa shape index (κ3) is 3.66. The summed E-state index contributed by atoms with van der Waals surface area (Å²) >= 11 is 3.40. The molecule has 102 valence electrons. The van der Waals surface area contributed by atoms with Gasteiger partial charge >= 0.3 is 0 Å². The SMILES string of the molecule is CCCn1cc(Br)cc1C(=O)NCCc1ncn[nH]1. The van der Waals surface area contributed by atoms with Gasteiger partial charge in [0.15, 0.2) is 0 Å². The number of carbonyl (C=O) groups excluding carboxylic acids is 1. The summed E-state index contributed by atoms with van der Waals surface area (Å²) in [5, 5.41) is 9.40. The van der Waals surface area contributed by atoms with Gasteiger partial charge < -0.3 is 9.88 Å². The van der Waals surface area contributed by atoms with Gasteiger partial charge in [-0.2, -0.15) is 5.10 Å². The highest BCUT2D eigenvalue weighted by Gasteiger charge is 2.12. The van der Waals surface area contributed by atoms with Gasteiger partial charge in [-0.1, -0.05) is 6.92 Å². The first kappa shape index (κ1) is 13.8. The number of nitrogens with zero attached hydrogens (tertiary/aromatic N) is 3. The molecule has 7 heteroatoms. The summed E-state index contributed by atoms with van der Waals surface area (Å²) < 4.78 is 2.87. The van der Waals surface area contributed by atoms with Crippen LogP contribution in [0.2, 0.25) is 0 Å². The molecule has 2 rings (SSSR count). The Bertz CT molecular complexity index is 534. The molecule has 0 aromatic carbocycles. The van der Waals surface area contributed by atoms with E-state index in [0.717, 1.165) is 23.3 Å². The van der Waals surface area contributed by atoms with Crippen molar-refractivity contribution < 1.29 is 4.79 Å². The summed E-state index contributed by atoms with van der Waals surface area (Å²) in [5.41, 5.74) is 0.672. The number of aryl methyl sites for hydroxylation is 1. The Morgan fingerprint density at radius 2 is 2.42 bits per heavy atom. The lowest BCUT2D eigenvalue weighted by Gasteiger charge is -2.07. The molecule has 0 aliphatic heterocycles. The van der Waals surface area contributed by atoms with Crippen LogP contribution in [0.5, 0.6) is 0 Å². The van der Waals surface area contributed by atoms with Gasteiger partial charge in [0.2, 0.25) is 0 Å².